The molecule has 1 aromatic heterocycles. The van der Waals surface area contributed by atoms with Gasteiger partial charge >= 0.3 is 0 Å². The zero-order chi connectivity index (χ0) is 13.8. The summed E-state index contributed by atoms with van der Waals surface area (Å²) in [6.07, 6.45) is 0. The first-order valence-electron chi connectivity index (χ1n) is 5.97. The minimum Gasteiger partial charge on any atom is -0.496 e. The highest BCUT2D eigenvalue weighted by Crippen LogP contribution is 2.34. The number of nitrogens with one attached hydrogen (secondary N) is 1. The third kappa shape index (κ3) is 3.51. The van der Waals surface area contributed by atoms with Gasteiger partial charge in [-0.2, -0.15) is 0 Å². The van der Waals surface area contributed by atoms with Gasteiger partial charge in [-0.1, -0.05) is 24.6 Å². The van der Waals surface area contributed by atoms with Crippen LogP contribution in [0.5, 0.6) is 5.75 Å². The molecule has 19 heavy (non-hydrogen) atoms. The number of rotatable bonds is 5. The summed E-state index contributed by atoms with van der Waals surface area (Å²) >= 11 is 11.2. The highest BCUT2D eigenvalue weighted by Gasteiger charge is 2.16. The molecule has 0 fully saturated rings. The predicted molar refractivity (Wildman–Crippen MR) is 85.5 cm³/mol. The van der Waals surface area contributed by atoms with Gasteiger partial charge in [0.05, 0.1) is 22.0 Å². The lowest BCUT2D eigenvalue weighted by Gasteiger charge is -2.18. The Kier molecular flexibility index (Phi) is 5.28. The SMILES string of the molecule is CCNC(c1ccc(OC)c(Br)c1)c1ccc(Cl)s1. The summed E-state index contributed by atoms with van der Waals surface area (Å²) < 4.78 is 7.03. The Morgan fingerprint density at radius 1 is 1.37 bits per heavy atom. The second kappa shape index (κ2) is 6.75. The Hall–Kier alpha value is -0.550. The molecule has 1 aromatic carbocycles. The zero-order valence-corrected chi connectivity index (χ0v) is 13.9. The molecule has 102 valence electrons. The van der Waals surface area contributed by atoms with E-state index in [-0.39, 0.29) is 6.04 Å². The highest BCUT2D eigenvalue weighted by atomic mass is 79.9. The van der Waals surface area contributed by atoms with Crippen LogP contribution >= 0.6 is 38.9 Å². The smallest absolute Gasteiger partial charge is 0.133 e. The third-order valence-corrected chi connectivity index (χ3v) is 4.71. The van der Waals surface area contributed by atoms with Crippen LogP contribution in [0, 0.1) is 0 Å². The van der Waals surface area contributed by atoms with Gasteiger partial charge in [0.2, 0.25) is 0 Å². The van der Waals surface area contributed by atoms with E-state index in [1.807, 2.05) is 12.1 Å². The van der Waals surface area contributed by atoms with Crippen LogP contribution in [0.1, 0.15) is 23.4 Å². The molecule has 0 saturated carbocycles. The van der Waals surface area contributed by atoms with Crippen LogP contribution in [0.4, 0.5) is 0 Å². The first-order valence-corrected chi connectivity index (χ1v) is 7.96. The number of methoxy groups -OCH3 is 1. The molecule has 2 rings (SSSR count). The molecule has 0 aliphatic rings. The second-order valence-electron chi connectivity index (χ2n) is 4.03. The number of thiophene rings is 1. The van der Waals surface area contributed by atoms with Crippen molar-refractivity contribution in [3.63, 3.8) is 0 Å². The summed E-state index contributed by atoms with van der Waals surface area (Å²) in [6.45, 7) is 2.99. The molecule has 1 atom stereocenters. The van der Waals surface area contributed by atoms with Gasteiger partial charge in [0, 0.05) is 4.88 Å². The lowest BCUT2D eigenvalue weighted by molar-refractivity contribution is 0.412. The fourth-order valence-corrected chi connectivity index (χ4v) is 3.66. The van der Waals surface area contributed by atoms with Gasteiger partial charge in [0.1, 0.15) is 5.75 Å². The molecule has 2 nitrogen and oxygen atoms in total. The zero-order valence-electron chi connectivity index (χ0n) is 10.7. The fraction of sp³-hybridized carbons (Fsp3) is 0.286. The summed E-state index contributed by atoms with van der Waals surface area (Å²) in [5.41, 5.74) is 1.19. The van der Waals surface area contributed by atoms with Gasteiger partial charge in [0.25, 0.3) is 0 Å². The summed E-state index contributed by atoms with van der Waals surface area (Å²) in [5, 5.41) is 3.48. The number of hydrogen-bond donors (Lipinski definition) is 1. The molecule has 0 radical (unpaired) electrons. The molecule has 0 amide bonds. The van der Waals surface area contributed by atoms with Crippen LogP contribution in [0.15, 0.2) is 34.8 Å². The van der Waals surface area contributed by atoms with Crippen molar-refractivity contribution in [3.8, 4) is 5.75 Å². The minimum atomic E-state index is 0.157. The van der Waals surface area contributed by atoms with Gasteiger partial charge < -0.3 is 10.1 Å². The number of ether oxygens (including phenoxy) is 1. The van der Waals surface area contributed by atoms with Crippen molar-refractivity contribution in [1.82, 2.24) is 5.32 Å². The molecule has 2 aromatic rings. The van der Waals surface area contributed by atoms with Gasteiger partial charge in [-0.15, -0.1) is 11.3 Å². The Bertz CT molecular complexity index is 558. The van der Waals surface area contributed by atoms with Crippen LogP contribution in [0.25, 0.3) is 0 Å². The summed E-state index contributed by atoms with van der Waals surface area (Å²) in [4.78, 5) is 1.21. The van der Waals surface area contributed by atoms with Crippen molar-refractivity contribution in [2.75, 3.05) is 13.7 Å². The molecular formula is C14H15BrClNOS. The molecule has 1 unspecified atom stereocenters. The van der Waals surface area contributed by atoms with Gasteiger partial charge in [-0.05, 0) is 52.3 Å². The summed E-state index contributed by atoms with van der Waals surface area (Å²) in [7, 11) is 1.67. The Labute approximate surface area is 130 Å². The van der Waals surface area contributed by atoms with Crippen molar-refractivity contribution in [3.05, 3.63) is 49.6 Å². The van der Waals surface area contributed by atoms with E-state index in [1.54, 1.807) is 18.4 Å². The van der Waals surface area contributed by atoms with Crippen molar-refractivity contribution >= 4 is 38.9 Å². The monoisotopic (exact) mass is 359 g/mol. The van der Waals surface area contributed by atoms with E-state index in [0.29, 0.717) is 0 Å². The van der Waals surface area contributed by atoms with Crippen molar-refractivity contribution in [1.29, 1.82) is 0 Å². The average molecular weight is 361 g/mol. The van der Waals surface area contributed by atoms with Crippen LogP contribution in [-0.2, 0) is 0 Å². The first kappa shape index (κ1) is 14.9. The van der Waals surface area contributed by atoms with Crippen molar-refractivity contribution in [2.24, 2.45) is 0 Å². The second-order valence-corrected chi connectivity index (χ2v) is 6.63. The van der Waals surface area contributed by atoms with Crippen LogP contribution in [-0.4, -0.2) is 13.7 Å². The van der Waals surface area contributed by atoms with Crippen LogP contribution < -0.4 is 10.1 Å². The van der Waals surface area contributed by atoms with Gasteiger partial charge in [-0.3, -0.25) is 0 Å². The van der Waals surface area contributed by atoms with Gasteiger partial charge in [0.15, 0.2) is 0 Å². The number of benzene rings is 1. The maximum atomic E-state index is 6.03. The van der Waals surface area contributed by atoms with E-state index in [0.717, 1.165) is 21.1 Å². The molecule has 1 heterocycles. The van der Waals surface area contributed by atoms with Gasteiger partial charge in [-0.25, -0.2) is 0 Å². The van der Waals surface area contributed by atoms with Crippen LogP contribution in [0.3, 0.4) is 0 Å². The maximum absolute atomic E-state index is 6.03. The molecule has 0 bridgehead atoms. The Morgan fingerprint density at radius 2 is 2.16 bits per heavy atom. The lowest BCUT2D eigenvalue weighted by Crippen LogP contribution is -2.21. The van der Waals surface area contributed by atoms with E-state index in [1.165, 1.54) is 10.4 Å². The summed E-state index contributed by atoms with van der Waals surface area (Å²) in [6, 6.07) is 10.3. The van der Waals surface area contributed by atoms with Crippen molar-refractivity contribution in [2.45, 2.75) is 13.0 Å². The molecular weight excluding hydrogens is 346 g/mol. The number of halogens is 2. The summed E-state index contributed by atoms with van der Waals surface area (Å²) in [5.74, 6) is 0.836. The Morgan fingerprint density at radius 3 is 2.68 bits per heavy atom. The van der Waals surface area contributed by atoms with E-state index in [4.69, 9.17) is 16.3 Å². The van der Waals surface area contributed by atoms with Crippen LogP contribution in [0.2, 0.25) is 4.34 Å². The first-order chi connectivity index (χ1) is 9.15. The number of hydrogen-bond acceptors (Lipinski definition) is 3. The topological polar surface area (TPSA) is 21.3 Å². The molecule has 0 saturated heterocycles. The largest absolute Gasteiger partial charge is 0.496 e. The van der Waals surface area contributed by atoms with E-state index in [2.05, 4.69) is 46.4 Å². The standard InChI is InChI=1S/C14H15BrClNOS/c1-3-17-14(12-6-7-13(16)19-12)9-4-5-11(18-2)10(15)8-9/h4-8,14,17H,3H2,1-2H3. The van der Waals surface area contributed by atoms with Crippen molar-refractivity contribution < 1.29 is 4.74 Å². The van der Waals surface area contributed by atoms with E-state index >= 15 is 0 Å². The maximum Gasteiger partial charge on any atom is 0.133 e. The highest BCUT2D eigenvalue weighted by molar-refractivity contribution is 9.10. The molecule has 0 aliphatic heterocycles. The van der Waals surface area contributed by atoms with E-state index in [9.17, 15) is 0 Å². The Balaban J connectivity index is 2.36. The normalized spacial score (nSPS) is 12.4. The molecule has 0 spiro atoms. The third-order valence-electron chi connectivity index (χ3n) is 2.80. The average Bonchev–Trinajstić information content (AvgIpc) is 2.82. The van der Waals surface area contributed by atoms with E-state index < -0.39 is 0 Å². The fourth-order valence-electron chi connectivity index (χ4n) is 1.93. The molecule has 5 heteroatoms. The predicted octanol–water partition coefficient (Wildman–Crippen LogP) is 4.87. The molecule has 0 aliphatic carbocycles. The minimum absolute atomic E-state index is 0.157. The quantitative estimate of drug-likeness (QED) is 0.821. The molecule has 1 N–H and O–H groups in total. The lowest BCUT2D eigenvalue weighted by atomic mass is 10.1.